The van der Waals surface area contributed by atoms with Crippen molar-refractivity contribution in [3.8, 4) is 0 Å². The van der Waals surface area contributed by atoms with Gasteiger partial charge in [-0.1, -0.05) is 30.3 Å². The molecule has 0 bridgehead atoms. The highest BCUT2D eigenvalue weighted by molar-refractivity contribution is 7.98. The molecule has 1 aromatic rings. The van der Waals surface area contributed by atoms with E-state index in [1.807, 2.05) is 11.6 Å². The monoisotopic (exact) mass is 468 g/mol. The van der Waals surface area contributed by atoms with Crippen LogP contribution in [0.1, 0.15) is 18.4 Å². The van der Waals surface area contributed by atoms with Crippen LogP contribution in [-0.2, 0) is 30.4 Å². The van der Waals surface area contributed by atoms with Gasteiger partial charge in [-0.3, -0.25) is 24.0 Å². The van der Waals surface area contributed by atoms with Crippen LogP contribution < -0.4 is 21.7 Å². The molecule has 0 aromatic heterocycles. The van der Waals surface area contributed by atoms with Gasteiger partial charge in [-0.2, -0.15) is 11.8 Å². The van der Waals surface area contributed by atoms with Gasteiger partial charge in [0.2, 0.25) is 17.7 Å². The first-order chi connectivity index (χ1) is 15.1. The minimum absolute atomic E-state index is 0.0736. The first kappa shape index (κ1) is 26.9. The zero-order valence-corrected chi connectivity index (χ0v) is 18.4. The topological polar surface area (TPSA) is 188 Å². The molecule has 0 aliphatic rings. The van der Waals surface area contributed by atoms with Crippen molar-refractivity contribution in [3.63, 3.8) is 0 Å². The van der Waals surface area contributed by atoms with Crippen molar-refractivity contribution in [2.45, 2.75) is 37.4 Å². The summed E-state index contributed by atoms with van der Waals surface area (Å²) in [5.74, 6) is -4.37. The molecule has 0 aliphatic heterocycles. The lowest BCUT2D eigenvalue weighted by atomic mass is 10.0. The zero-order chi connectivity index (χ0) is 24.1. The van der Waals surface area contributed by atoms with Gasteiger partial charge in [0.1, 0.15) is 18.6 Å². The highest BCUT2D eigenvalue weighted by atomic mass is 32.2. The summed E-state index contributed by atoms with van der Waals surface area (Å²) in [6, 6.07) is 5.27. The van der Waals surface area contributed by atoms with Crippen molar-refractivity contribution < 1.29 is 34.2 Å². The third kappa shape index (κ3) is 10.3. The molecular weight excluding hydrogens is 440 g/mol. The van der Waals surface area contributed by atoms with Crippen LogP contribution in [0, 0.1) is 0 Å². The molecular formula is C20H28N4O7S. The molecule has 176 valence electrons. The molecule has 1 aromatic carbocycles. The Bertz CT molecular complexity index is 806. The van der Waals surface area contributed by atoms with Crippen molar-refractivity contribution in [3.05, 3.63) is 35.9 Å². The number of thioether (sulfide) groups is 1. The van der Waals surface area contributed by atoms with E-state index in [4.69, 9.17) is 15.9 Å². The summed E-state index contributed by atoms with van der Waals surface area (Å²) >= 11 is 1.52. The van der Waals surface area contributed by atoms with Crippen LogP contribution in [0.4, 0.5) is 0 Å². The fourth-order valence-corrected chi connectivity index (χ4v) is 3.15. The SMILES string of the molecule is CSCCC(N)C(=O)NC(Cc1ccccc1)C(=O)NC(CC(=O)O)C(=O)NCC(=O)O. The number of benzene rings is 1. The molecule has 11 nitrogen and oxygen atoms in total. The first-order valence-corrected chi connectivity index (χ1v) is 11.1. The molecule has 0 radical (unpaired) electrons. The van der Waals surface area contributed by atoms with Crippen LogP contribution >= 0.6 is 11.8 Å². The third-order valence-electron chi connectivity index (χ3n) is 4.31. The summed E-state index contributed by atoms with van der Waals surface area (Å²) in [7, 11) is 0. The number of rotatable bonds is 14. The summed E-state index contributed by atoms with van der Waals surface area (Å²) < 4.78 is 0. The smallest absolute Gasteiger partial charge is 0.322 e. The summed E-state index contributed by atoms with van der Waals surface area (Å²) in [5, 5.41) is 24.7. The molecule has 0 saturated heterocycles. The molecule has 0 fully saturated rings. The fourth-order valence-electron chi connectivity index (χ4n) is 2.66. The van der Waals surface area contributed by atoms with Crippen LogP contribution in [0.25, 0.3) is 0 Å². The molecule has 3 amide bonds. The van der Waals surface area contributed by atoms with E-state index in [0.717, 1.165) is 5.56 Å². The van der Waals surface area contributed by atoms with Gasteiger partial charge < -0.3 is 31.9 Å². The van der Waals surface area contributed by atoms with E-state index < -0.39 is 60.8 Å². The second-order valence-electron chi connectivity index (χ2n) is 6.91. The molecule has 3 atom stereocenters. The van der Waals surface area contributed by atoms with Crippen LogP contribution in [-0.4, -0.2) is 76.6 Å². The van der Waals surface area contributed by atoms with E-state index >= 15 is 0 Å². The average molecular weight is 469 g/mol. The summed E-state index contributed by atoms with van der Waals surface area (Å²) in [4.78, 5) is 59.3. The number of hydrogen-bond donors (Lipinski definition) is 6. The van der Waals surface area contributed by atoms with Gasteiger partial charge >= 0.3 is 11.9 Å². The Labute approximate surface area is 189 Å². The normalized spacial score (nSPS) is 13.3. The number of carboxylic acids is 2. The van der Waals surface area contributed by atoms with Gasteiger partial charge in [0, 0.05) is 6.42 Å². The van der Waals surface area contributed by atoms with Gasteiger partial charge in [-0.25, -0.2) is 0 Å². The van der Waals surface area contributed by atoms with Crippen molar-refractivity contribution in [2.24, 2.45) is 5.73 Å². The molecule has 0 heterocycles. The maximum atomic E-state index is 12.9. The summed E-state index contributed by atoms with van der Waals surface area (Å²) in [6.45, 7) is -0.737. The number of aliphatic carboxylic acids is 2. The highest BCUT2D eigenvalue weighted by Gasteiger charge is 2.29. The van der Waals surface area contributed by atoms with Gasteiger partial charge in [-0.05, 0) is 24.0 Å². The van der Waals surface area contributed by atoms with Crippen LogP contribution in [0.3, 0.4) is 0 Å². The molecule has 1 rings (SSSR count). The van der Waals surface area contributed by atoms with Gasteiger partial charge in [-0.15, -0.1) is 0 Å². The second kappa shape index (κ2) is 14.0. The van der Waals surface area contributed by atoms with Gasteiger partial charge in [0.15, 0.2) is 0 Å². The molecule has 0 saturated carbocycles. The number of carbonyl (C=O) groups excluding carboxylic acids is 3. The quantitative estimate of drug-likeness (QED) is 0.198. The molecule has 7 N–H and O–H groups in total. The maximum Gasteiger partial charge on any atom is 0.322 e. The lowest BCUT2D eigenvalue weighted by Gasteiger charge is -2.23. The Morgan fingerprint density at radius 1 is 0.938 bits per heavy atom. The Hall–Kier alpha value is -3.12. The summed E-state index contributed by atoms with van der Waals surface area (Å²) in [6.07, 6.45) is 1.57. The predicted molar refractivity (Wildman–Crippen MR) is 118 cm³/mol. The lowest BCUT2D eigenvalue weighted by molar-refractivity contribution is -0.141. The third-order valence-corrected chi connectivity index (χ3v) is 4.95. The van der Waals surface area contributed by atoms with Gasteiger partial charge in [0.25, 0.3) is 0 Å². The molecule has 32 heavy (non-hydrogen) atoms. The standard InChI is InChI=1S/C20H28N4O7S/c1-32-8-7-13(21)18(29)23-14(9-12-5-3-2-4-6-12)20(31)24-15(10-16(25)26)19(30)22-11-17(27)28/h2-6,13-15H,7-11,21H2,1H3,(H,22,30)(H,23,29)(H,24,31)(H,25,26)(H,27,28). The highest BCUT2D eigenvalue weighted by Crippen LogP contribution is 2.06. The lowest BCUT2D eigenvalue weighted by Crippen LogP contribution is -2.57. The van der Waals surface area contributed by atoms with E-state index in [9.17, 15) is 24.0 Å². The van der Waals surface area contributed by atoms with E-state index in [1.165, 1.54) is 11.8 Å². The molecule has 0 aliphatic carbocycles. The minimum atomic E-state index is -1.53. The Morgan fingerprint density at radius 3 is 2.12 bits per heavy atom. The van der Waals surface area contributed by atoms with Crippen LogP contribution in [0.5, 0.6) is 0 Å². The van der Waals surface area contributed by atoms with E-state index in [2.05, 4.69) is 10.6 Å². The van der Waals surface area contributed by atoms with E-state index in [1.54, 1.807) is 30.3 Å². The van der Waals surface area contributed by atoms with Crippen molar-refractivity contribution in [2.75, 3.05) is 18.6 Å². The largest absolute Gasteiger partial charge is 0.481 e. The van der Waals surface area contributed by atoms with Crippen molar-refractivity contribution in [1.29, 1.82) is 0 Å². The zero-order valence-electron chi connectivity index (χ0n) is 17.6. The number of hydrogen-bond acceptors (Lipinski definition) is 7. The Morgan fingerprint density at radius 2 is 1.56 bits per heavy atom. The number of carbonyl (C=O) groups is 5. The Balaban J connectivity index is 2.99. The summed E-state index contributed by atoms with van der Waals surface area (Å²) in [5.41, 5.74) is 6.59. The molecule has 0 spiro atoms. The van der Waals surface area contributed by atoms with E-state index in [-0.39, 0.29) is 6.42 Å². The average Bonchev–Trinajstić information content (AvgIpc) is 2.74. The second-order valence-corrected chi connectivity index (χ2v) is 7.90. The molecule has 12 heteroatoms. The number of carboxylic acid groups (broad SMARTS) is 2. The van der Waals surface area contributed by atoms with Gasteiger partial charge in [0.05, 0.1) is 12.5 Å². The molecule has 3 unspecified atom stereocenters. The number of amides is 3. The van der Waals surface area contributed by atoms with Crippen molar-refractivity contribution >= 4 is 41.4 Å². The minimum Gasteiger partial charge on any atom is -0.481 e. The van der Waals surface area contributed by atoms with Crippen molar-refractivity contribution in [1.82, 2.24) is 16.0 Å². The number of nitrogens with one attached hydrogen (secondary N) is 3. The number of nitrogens with two attached hydrogens (primary N) is 1. The first-order valence-electron chi connectivity index (χ1n) is 9.74. The van der Waals surface area contributed by atoms with Crippen LogP contribution in [0.2, 0.25) is 0 Å². The van der Waals surface area contributed by atoms with E-state index in [0.29, 0.717) is 12.2 Å². The fraction of sp³-hybridized carbons (Fsp3) is 0.450. The maximum absolute atomic E-state index is 12.9. The Kier molecular flexibility index (Phi) is 11.8. The van der Waals surface area contributed by atoms with Crippen LogP contribution in [0.15, 0.2) is 30.3 Å². The predicted octanol–water partition coefficient (Wildman–Crippen LogP) is -1.05.